The van der Waals surface area contributed by atoms with E-state index in [0.717, 1.165) is 6.54 Å². The van der Waals surface area contributed by atoms with E-state index >= 15 is 0 Å². The second kappa shape index (κ2) is 5.81. The number of aliphatic hydroxyl groups excluding tert-OH is 2. The summed E-state index contributed by atoms with van der Waals surface area (Å²) in [6.07, 6.45) is 4.44. The van der Waals surface area contributed by atoms with Gasteiger partial charge in [-0.1, -0.05) is 0 Å². The molecule has 2 rings (SSSR count). The molecule has 1 aliphatic rings. The standard InChI is InChI=1S/C13H21N3O3/c1-16(2)8-13(5-10(17)11(18)6-13)9-19-12-7-14-3-4-15-12/h3-4,7,10-11,17-18H,5-6,8-9H2,1-2H3. The molecule has 0 aliphatic heterocycles. The van der Waals surface area contributed by atoms with E-state index in [1.165, 1.54) is 0 Å². The van der Waals surface area contributed by atoms with Crippen molar-refractivity contribution in [2.75, 3.05) is 27.2 Å². The van der Waals surface area contributed by atoms with Gasteiger partial charge in [0.05, 0.1) is 25.0 Å². The Balaban J connectivity index is 2.03. The largest absolute Gasteiger partial charge is 0.476 e. The van der Waals surface area contributed by atoms with E-state index in [4.69, 9.17) is 4.74 Å². The molecule has 2 atom stereocenters. The Bertz CT molecular complexity index is 384. The summed E-state index contributed by atoms with van der Waals surface area (Å²) in [6, 6.07) is 0. The molecule has 1 aliphatic carbocycles. The van der Waals surface area contributed by atoms with E-state index in [2.05, 4.69) is 9.97 Å². The number of aromatic nitrogens is 2. The lowest BCUT2D eigenvalue weighted by Gasteiger charge is -2.31. The van der Waals surface area contributed by atoms with Gasteiger partial charge in [0.15, 0.2) is 0 Å². The molecule has 19 heavy (non-hydrogen) atoms. The zero-order valence-electron chi connectivity index (χ0n) is 11.4. The first-order chi connectivity index (χ1) is 9.01. The average Bonchev–Trinajstić information content (AvgIpc) is 2.63. The van der Waals surface area contributed by atoms with Gasteiger partial charge >= 0.3 is 0 Å². The van der Waals surface area contributed by atoms with Gasteiger partial charge < -0.3 is 19.8 Å². The van der Waals surface area contributed by atoms with Crippen molar-refractivity contribution in [2.45, 2.75) is 25.0 Å². The van der Waals surface area contributed by atoms with Gasteiger partial charge in [0.2, 0.25) is 5.88 Å². The minimum absolute atomic E-state index is 0.250. The van der Waals surface area contributed by atoms with Gasteiger partial charge in [0.1, 0.15) is 0 Å². The van der Waals surface area contributed by atoms with E-state index in [9.17, 15) is 10.2 Å². The summed E-state index contributed by atoms with van der Waals surface area (Å²) in [5.41, 5.74) is -0.250. The maximum Gasteiger partial charge on any atom is 0.232 e. The molecule has 6 nitrogen and oxygen atoms in total. The predicted octanol–water partition coefficient (Wildman–Crippen LogP) is -0.0810. The van der Waals surface area contributed by atoms with Crippen LogP contribution in [0, 0.1) is 5.41 Å². The minimum Gasteiger partial charge on any atom is -0.476 e. The normalized spacial score (nSPS) is 30.8. The maximum absolute atomic E-state index is 9.79. The molecule has 1 aromatic heterocycles. The Hall–Kier alpha value is -1.24. The highest BCUT2D eigenvalue weighted by Crippen LogP contribution is 2.39. The monoisotopic (exact) mass is 267 g/mol. The third-order valence-electron chi connectivity index (χ3n) is 3.45. The molecule has 6 heteroatoms. The number of ether oxygens (including phenoxy) is 1. The Labute approximate surface area is 113 Å². The van der Waals surface area contributed by atoms with E-state index in [1.54, 1.807) is 18.6 Å². The van der Waals surface area contributed by atoms with Gasteiger partial charge in [-0.3, -0.25) is 4.98 Å². The Kier molecular flexibility index (Phi) is 4.34. The number of aliphatic hydroxyl groups is 2. The highest BCUT2D eigenvalue weighted by Gasteiger charge is 2.45. The lowest BCUT2D eigenvalue weighted by atomic mass is 9.86. The first kappa shape index (κ1) is 14.2. The van der Waals surface area contributed by atoms with Crippen molar-refractivity contribution in [1.29, 1.82) is 0 Å². The summed E-state index contributed by atoms with van der Waals surface area (Å²) < 4.78 is 5.67. The molecule has 2 unspecified atom stereocenters. The number of nitrogens with zero attached hydrogens (tertiary/aromatic N) is 3. The number of hydrogen-bond donors (Lipinski definition) is 2. The molecule has 2 N–H and O–H groups in total. The zero-order chi connectivity index (χ0) is 13.9. The molecule has 0 saturated heterocycles. The van der Waals surface area contributed by atoms with Crippen LogP contribution < -0.4 is 4.74 Å². The van der Waals surface area contributed by atoms with Crippen molar-refractivity contribution in [1.82, 2.24) is 14.9 Å². The van der Waals surface area contributed by atoms with Gasteiger partial charge in [-0.25, -0.2) is 4.98 Å². The summed E-state index contributed by atoms with van der Waals surface area (Å²) in [6.45, 7) is 1.17. The molecule has 1 heterocycles. The van der Waals surface area contributed by atoms with Crippen molar-refractivity contribution in [2.24, 2.45) is 5.41 Å². The van der Waals surface area contributed by atoms with Crippen LogP contribution >= 0.6 is 0 Å². The van der Waals surface area contributed by atoms with Crippen LogP contribution in [0.5, 0.6) is 5.88 Å². The average molecular weight is 267 g/mol. The van der Waals surface area contributed by atoms with Crippen LogP contribution in [0.4, 0.5) is 0 Å². The first-order valence-electron chi connectivity index (χ1n) is 6.40. The molecule has 0 spiro atoms. The fourth-order valence-corrected chi connectivity index (χ4v) is 2.79. The van der Waals surface area contributed by atoms with Crippen LogP contribution in [0.25, 0.3) is 0 Å². The minimum atomic E-state index is -0.676. The lowest BCUT2D eigenvalue weighted by molar-refractivity contribution is 0.0438. The number of hydrogen-bond acceptors (Lipinski definition) is 6. The Morgan fingerprint density at radius 1 is 1.32 bits per heavy atom. The highest BCUT2D eigenvalue weighted by molar-refractivity contribution is 5.03. The van der Waals surface area contributed by atoms with Crippen molar-refractivity contribution in [3.63, 3.8) is 0 Å². The zero-order valence-corrected chi connectivity index (χ0v) is 11.4. The smallest absolute Gasteiger partial charge is 0.232 e. The van der Waals surface area contributed by atoms with E-state index < -0.39 is 12.2 Å². The second-order valence-corrected chi connectivity index (χ2v) is 5.61. The summed E-state index contributed by atoms with van der Waals surface area (Å²) >= 11 is 0. The molecule has 1 saturated carbocycles. The fourth-order valence-electron chi connectivity index (χ4n) is 2.79. The van der Waals surface area contributed by atoms with E-state index in [0.29, 0.717) is 25.3 Å². The molecule has 0 amide bonds. The van der Waals surface area contributed by atoms with Crippen molar-refractivity contribution in [3.8, 4) is 5.88 Å². The van der Waals surface area contributed by atoms with Crippen LogP contribution in [0.3, 0.4) is 0 Å². The summed E-state index contributed by atoms with van der Waals surface area (Å²) in [5.74, 6) is 0.469. The molecular weight excluding hydrogens is 246 g/mol. The fraction of sp³-hybridized carbons (Fsp3) is 0.692. The second-order valence-electron chi connectivity index (χ2n) is 5.61. The van der Waals surface area contributed by atoms with Gasteiger partial charge in [-0.2, -0.15) is 0 Å². The van der Waals surface area contributed by atoms with E-state index in [-0.39, 0.29) is 5.41 Å². The van der Waals surface area contributed by atoms with Gasteiger partial charge in [0.25, 0.3) is 0 Å². The topological polar surface area (TPSA) is 78.7 Å². The number of rotatable bonds is 5. The SMILES string of the molecule is CN(C)CC1(COc2cnccn2)CC(O)C(O)C1. The van der Waals surface area contributed by atoms with Gasteiger partial charge in [-0.15, -0.1) is 0 Å². The molecule has 0 aromatic carbocycles. The van der Waals surface area contributed by atoms with Crippen LogP contribution in [0.1, 0.15) is 12.8 Å². The molecule has 0 bridgehead atoms. The molecule has 106 valence electrons. The molecular formula is C13H21N3O3. The van der Waals surface area contributed by atoms with Gasteiger partial charge in [-0.05, 0) is 26.9 Å². The third-order valence-corrected chi connectivity index (χ3v) is 3.45. The summed E-state index contributed by atoms with van der Waals surface area (Å²) in [7, 11) is 3.95. The summed E-state index contributed by atoms with van der Waals surface area (Å²) in [4.78, 5) is 10.1. The van der Waals surface area contributed by atoms with Crippen LogP contribution in [-0.2, 0) is 0 Å². The first-order valence-corrected chi connectivity index (χ1v) is 6.40. The predicted molar refractivity (Wildman–Crippen MR) is 69.8 cm³/mol. The van der Waals surface area contributed by atoms with Crippen molar-refractivity contribution >= 4 is 0 Å². The van der Waals surface area contributed by atoms with Gasteiger partial charge in [0, 0.05) is 24.4 Å². The van der Waals surface area contributed by atoms with Crippen molar-refractivity contribution in [3.05, 3.63) is 18.6 Å². The van der Waals surface area contributed by atoms with Crippen LogP contribution in [0.2, 0.25) is 0 Å². The Morgan fingerprint density at radius 3 is 2.53 bits per heavy atom. The quantitative estimate of drug-likeness (QED) is 0.777. The third kappa shape index (κ3) is 3.62. The van der Waals surface area contributed by atoms with Crippen molar-refractivity contribution < 1.29 is 14.9 Å². The highest BCUT2D eigenvalue weighted by atomic mass is 16.5. The molecule has 1 fully saturated rings. The molecule has 1 aromatic rings. The van der Waals surface area contributed by atoms with Crippen LogP contribution in [0.15, 0.2) is 18.6 Å². The van der Waals surface area contributed by atoms with Crippen LogP contribution in [-0.4, -0.2) is 64.5 Å². The Morgan fingerprint density at radius 2 is 2.00 bits per heavy atom. The van der Waals surface area contributed by atoms with E-state index in [1.807, 2.05) is 19.0 Å². The summed E-state index contributed by atoms with van der Waals surface area (Å²) in [5, 5.41) is 19.6. The lowest BCUT2D eigenvalue weighted by Crippen LogP contribution is -2.37. The molecule has 0 radical (unpaired) electrons. The maximum atomic E-state index is 9.79.